The van der Waals surface area contributed by atoms with Crippen LogP contribution in [0.4, 0.5) is 0 Å². The van der Waals surface area contributed by atoms with Gasteiger partial charge in [0.15, 0.2) is 0 Å². The maximum absolute atomic E-state index is 3.12. The van der Waals surface area contributed by atoms with E-state index in [2.05, 4.69) is 28.8 Å². The van der Waals surface area contributed by atoms with Gasteiger partial charge in [-0.3, -0.25) is 14.8 Å². The highest BCUT2D eigenvalue weighted by atomic mass is 15.3. The largest absolute Gasteiger partial charge is 0.347 e. The topological polar surface area (TPSA) is 18.3 Å². The molecule has 3 nitrogen and oxygen atoms in total. The molecule has 0 spiro atoms. The van der Waals surface area contributed by atoms with Gasteiger partial charge in [-0.2, -0.15) is 0 Å². The van der Waals surface area contributed by atoms with E-state index in [0.29, 0.717) is 0 Å². The van der Waals surface area contributed by atoms with Crippen LogP contribution in [0.1, 0.15) is 6.92 Å². The monoisotopic (exact) mass is 144 g/mol. The molecule has 0 rings (SSSR count). The lowest BCUT2D eigenvalue weighted by molar-refractivity contribution is -0.472. The first-order valence-corrected chi connectivity index (χ1v) is 3.56. The molecule has 0 heterocycles. The van der Waals surface area contributed by atoms with Crippen molar-refractivity contribution in [2.75, 3.05) is 34.7 Å². The molecule has 0 aromatic rings. The molecule has 0 radical (unpaired) electrons. The minimum absolute atomic E-state index is 1.02. The molecule has 0 aliphatic heterocycles. The van der Waals surface area contributed by atoms with Crippen molar-refractivity contribution in [2.24, 2.45) is 0 Å². The second-order valence-corrected chi connectivity index (χ2v) is 2.48. The Morgan fingerprint density at radius 2 is 2.00 bits per heavy atom. The molecule has 0 aromatic carbocycles. The lowest BCUT2D eigenvalue weighted by atomic mass is 10.6. The fourth-order valence-corrected chi connectivity index (χ4v) is 0.906. The maximum Gasteiger partial charge on any atom is 0.347 e. The highest BCUT2D eigenvalue weighted by molar-refractivity contribution is 5.74. The van der Waals surface area contributed by atoms with Gasteiger partial charge in [0, 0.05) is 0 Å². The van der Waals surface area contributed by atoms with Crippen molar-refractivity contribution in [1.29, 1.82) is 0 Å². The molecule has 0 aliphatic carbocycles. The number of hydrogen-bond donors (Lipinski definition) is 1. The standard InChI is InChI=1S/C7H17N3/c1-6-10(5)7(8-2)9(3)4/h6H2,1-5H3/p+1. The van der Waals surface area contributed by atoms with E-state index >= 15 is 0 Å². The molecule has 0 saturated heterocycles. The van der Waals surface area contributed by atoms with Gasteiger partial charge in [0.2, 0.25) is 0 Å². The van der Waals surface area contributed by atoms with E-state index < -0.39 is 0 Å². The Kier molecular flexibility index (Phi) is 3.84. The zero-order valence-corrected chi connectivity index (χ0v) is 7.60. The summed E-state index contributed by atoms with van der Waals surface area (Å²) >= 11 is 0. The highest BCUT2D eigenvalue weighted by Crippen LogP contribution is 1.80. The van der Waals surface area contributed by atoms with Crippen molar-refractivity contribution in [2.45, 2.75) is 6.92 Å². The fraction of sp³-hybridized carbons (Fsp3) is 0.857. The molecule has 0 atom stereocenters. The number of guanidine groups is 1. The van der Waals surface area contributed by atoms with Crippen LogP contribution in [0, 0.1) is 0 Å². The van der Waals surface area contributed by atoms with Crippen LogP contribution < -0.4 is 5.32 Å². The van der Waals surface area contributed by atoms with E-state index in [9.17, 15) is 0 Å². The van der Waals surface area contributed by atoms with Gasteiger partial charge in [-0.15, -0.1) is 0 Å². The molecule has 0 aliphatic rings. The average Bonchev–Trinajstić information content (AvgIpc) is 1.88. The van der Waals surface area contributed by atoms with E-state index in [4.69, 9.17) is 0 Å². The summed E-state index contributed by atoms with van der Waals surface area (Å²) in [7, 11) is 8.04. The molecule has 0 bridgehead atoms. The summed E-state index contributed by atoms with van der Waals surface area (Å²) in [5, 5.41) is 3.12. The lowest BCUT2D eigenvalue weighted by Gasteiger charge is -2.13. The second kappa shape index (κ2) is 4.14. The number of nitrogens with one attached hydrogen (secondary N) is 1. The van der Waals surface area contributed by atoms with Gasteiger partial charge in [-0.05, 0) is 6.92 Å². The van der Waals surface area contributed by atoms with Crippen molar-refractivity contribution in [3.8, 4) is 0 Å². The van der Waals surface area contributed by atoms with Crippen LogP contribution in [0.25, 0.3) is 0 Å². The number of rotatable bonds is 1. The van der Waals surface area contributed by atoms with Crippen LogP contribution in [-0.2, 0) is 0 Å². The zero-order valence-electron chi connectivity index (χ0n) is 7.60. The van der Waals surface area contributed by atoms with Crippen LogP contribution in [0.5, 0.6) is 0 Å². The Labute approximate surface area is 63.3 Å². The molecular weight excluding hydrogens is 126 g/mol. The van der Waals surface area contributed by atoms with Crippen molar-refractivity contribution >= 4 is 5.96 Å². The van der Waals surface area contributed by atoms with E-state index in [1.54, 1.807) is 0 Å². The zero-order chi connectivity index (χ0) is 8.15. The first-order valence-electron chi connectivity index (χ1n) is 3.56. The third-order valence-electron chi connectivity index (χ3n) is 1.48. The van der Waals surface area contributed by atoms with Crippen LogP contribution in [-0.4, -0.2) is 50.2 Å². The van der Waals surface area contributed by atoms with Gasteiger partial charge in [-0.25, -0.2) is 0 Å². The summed E-state index contributed by atoms with van der Waals surface area (Å²) in [6.07, 6.45) is 0. The first kappa shape index (κ1) is 9.27. The Bertz CT molecular complexity index is 125. The highest BCUT2D eigenvalue weighted by Gasteiger charge is 2.08. The molecule has 0 amide bonds. The third-order valence-corrected chi connectivity index (χ3v) is 1.48. The van der Waals surface area contributed by atoms with Crippen LogP contribution in [0.2, 0.25) is 0 Å². The average molecular weight is 144 g/mol. The van der Waals surface area contributed by atoms with Crippen LogP contribution in [0.3, 0.4) is 0 Å². The van der Waals surface area contributed by atoms with E-state index in [1.807, 2.05) is 21.1 Å². The first-order chi connectivity index (χ1) is 4.63. The smallest absolute Gasteiger partial charge is 0.281 e. The van der Waals surface area contributed by atoms with Crippen molar-refractivity contribution in [3.05, 3.63) is 0 Å². The van der Waals surface area contributed by atoms with E-state index in [-0.39, 0.29) is 0 Å². The van der Waals surface area contributed by atoms with E-state index in [1.165, 1.54) is 0 Å². The summed E-state index contributed by atoms with van der Waals surface area (Å²) in [6.45, 7) is 3.15. The van der Waals surface area contributed by atoms with Gasteiger partial charge in [-0.1, -0.05) is 0 Å². The minimum Gasteiger partial charge on any atom is -0.281 e. The summed E-state index contributed by atoms with van der Waals surface area (Å²) in [6, 6.07) is 0. The van der Waals surface area contributed by atoms with E-state index in [0.717, 1.165) is 12.5 Å². The summed E-state index contributed by atoms with van der Waals surface area (Å²) in [5.74, 6) is 1.14. The summed E-state index contributed by atoms with van der Waals surface area (Å²) in [4.78, 5) is 2.15. The Morgan fingerprint density at radius 3 is 2.10 bits per heavy atom. The normalized spacial score (nSPS) is 8.90. The van der Waals surface area contributed by atoms with Gasteiger partial charge in [0.05, 0.1) is 34.7 Å². The third kappa shape index (κ3) is 2.25. The SMILES string of the molecule is CCN(C)C(NC)=[N+](C)C. The molecule has 0 saturated carbocycles. The van der Waals surface area contributed by atoms with Crippen LogP contribution in [0.15, 0.2) is 0 Å². The molecule has 0 unspecified atom stereocenters. The molecular formula is C7H18N3+. The van der Waals surface area contributed by atoms with Gasteiger partial charge in [0.25, 0.3) is 0 Å². The van der Waals surface area contributed by atoms with Gasteiger partial charge in [0.1, 0.15) is 0 Å². The molecule has 0 fully saturated rings. The van der Waals surface area contributed by atoms with Crippen molar-refractivity contribution in [3.63, 3.8) is 0 Å². The molecule has 1 N–H and O–H groups in total. The summed E-state index contributed by atoms with van der Waals surface area (Å²) in [5.41, 5.74) is 0. The lowest BCUT2D eigenvalue weighted by Crippen LogP contribution is -2.41. The Morgan fingerprint density at radius 1 is 1.50 bits per heavy atom. The quantitative estimate of drug-likeness (QED) is 0.312. The van der Waals surface area contributed by atoms with Crippen molar-refractivity contribution in [1.82, 2.24) is 10.2 Å². The number of hydrogen-bond acceptors (Lipinski definition) is 0. The summed E-state index contributed by atoms with van der Waals surface area (Å²) < 4.78 is 2.06. The van der Waals surface area contributed by atoms with Crippen LogP contribution >= 0.6 is 0 Å². The predicted octanol–water partition coefficient (Wildman–Crippen LogP) is -0.214. The van der Waals surface area contributed by atoms with Crippen molar-refractivity contribution < 1.29 is 4.58 Å². The Balaban J connectivity index is 4.21. The van der Waals surface area contributed by atoms with Gasteiger partial charge >= 0.3 is 5.96 Å². The molecule has 0 aromatic heterocycles. The molecule has 3 heteroatoms. The second-order valence-electron chi connectivity index (χ2n) is 2.48. The molecule has 60 valence electrons. The minimum atomic E-state index is 1.02. The van der Waals surface area contributed by atoms with Gasteiger partial charge < -0.3 is 0 Å². The Hall–Kier alpha value is -0.730. The predicted molar refractivity (Wildman–Crippen MR) is 44.5 cm³/mol. The fourth-order valence-electron chi connectivity index (χ4n) is 0.906. The maximum atomic E-state index is 3.12. The number of nitrogens with zero attached hydrogens (tertiary/aromatic N) is 2. The molecule has 10 heavy (non-hydrogen) atoms.